The summed E-state index contributed by atoms with van der Waals surface area (Å²) in [6, 6.07) is 3.40. The van der Waals surface area contributed by atoms with Crippen molar-refractivity contribution in [1.82, 2.24) is 5.32 Å². The highest BCUT2D eigenvalue weighted by atomic mass is 16.4. The van der Waals surface area contributed by atoms with Crippen LogP contribution in [0.25, 0.3) is 0 Å². The lowest BCUT2D eigenvalue weighted by Crippen LogP contribution is -2.24. The highest BCUT2D eigenvalue weighted by molar-refractivity contribution is 5.91. The minimum absolute atomic E-state index is 0.143. The SMILES string of the molecule is NCc1ccc(C(=O)NCCCC2CC2)o1. The first-order valence-corrected chi connectivity index (χ1v) is 5.86. The van der Waals surface area contributed by atoms with Gasteiger partial charge in [-0.05, 0) is 30.9 Å². The van der Waals surface area contributed by atoms with E-state index in [0.29, 0.717) is 18.1 Å². The van der Waals surface area contributed by atoms with E-state index >= 15 is 0 Å². The third-order valence-electron chi connectivity index (χ3n) is 2.86. The van der Waals surface area contributed by atoms with Gasteiger partial charge < -0.3 is 15.5 Å². The number of carbonyl (C=O) groups is 1. The van der Waals surface area contributed by atoms with E-state index in [0.717, 1.165) is 18.9 Å². The summed E-state index contributed by atoms with van der Waals surface area (Å²) in [5.74, 6) is 1.77. The molecule has 1 aliphatic carbocycles. The molecule has 1 aromatic rings. The molecule has 0 atom stereocenters. The molecular weight excluding hydrogens is 204 g/mol. The molecule has 0 bridgehead atoms. The van der Waals surface area contributed by atoms with Crippen LogP contribution in [0.3, 0.4) is 0 Å². The molecule has 0 aromatic carbocycles. The molecule has 4 nitrogen and oxygen atoms in total. The molecule has 4 heteroatoms. The smallest absolute Gasteiger partial charge is 0.286 e. The Balaban J connectivity index is 1.69. The van der Waals surface area contributed by atoms with Crippen LogP contribution >= 0.6 is 0 Å². The summed E-state index contributed by atoms with van der Waals surface area (Å²) in [6.45, 7) is 1.06. The van der Waals surface area contributed by atoms with Crippen LogP contribution in [0.1, 0.15) is 42.0 Å². The van der Waals surface area contributed by atoms with Crippen molar-refractivity contribution < 1.29 is 9.21 Å². The topological polar surface area (TPSA) is 68.3 Å². The van der Waals surface area contributed by atoms with Gasteiger partial charge in [-0.15, -0.1) is 0 Å². The molecule has 1 fully saturated rings. The Morgan fingerprint density at radius 3 is 2.94 bits per heavy atom. The first-order valence-electron chi connectivity index (χ1n) is 5.86. The summed E-state index contributed by atoms with van der Waals surface area (Å²) >= 11 is 0. The third-order valence-corrected chi connectivity index (χ3v) is 2.86. The monoisotopic (exact) mass is 222 g/mol. The summed E-state index contributed by atoms with van der Waals surface area (Å²) in [5.41, 5.74) is 5.40. The minimum atomic E-state index is -0.143. The predicted octanol–water partition coefficient (Wildman–Crippen LogP) is 1.66. The van der Waals surface area contributed by atoms with Gasteiger partial charge in [-0.2, -0.15) is 0 Å². The van der Waals surface area contributed by atoms with Gasteiger partial charge in [0.1, 0.15) is 5.76 Å². The lowest BCUT2D eigenvalue weighted by Gasteiger charge is -2.02. The number of amides is 1. The second-order valence-corrected chi connectivity index (χ2v) is 4.31. The van der Waals surface area contributed by atoms with Crippen LogP contribution < -0.4 is 11.1 Å². The van der Waals surface area contributed by atoms with E-state index in [1.807, 2.05) is 0 Å². The van der Waals surface area contributed by atoms with Gasteiger partial charge in [0.15, 0.2) is 5.76 Å². The highest BCUT2D eigenvalue weighted by Crippen LogP contribution is 2.33. The van der Waals surface area contributed by atoms with Gasteiger partial charge in [-0.25, -0.2) is 0 Å². The molecule has 0 unspecified atom stereocenters. The van der Waals surface area contributed by atoms with Crippen molar-refractivity contribution >= 4 is 5.91 Å². The largest absolute Gasteiger partial charge is 0.455 e. The van der Waals surface area contributed by atoms with Crippen molar-refractivity contribution in [3.05, 3.63) is 23.7 Å². The number of hydrogen-bond acceptors (Lipinski definition) is 3. The van der Waals surface area contributed by atoms with Crippen molar-refractivity contribution in [1.29, 1.82) is 0 Å². The average Bonchev–Trinajstić information content (AvgIpc) is 2.99. The molecule has 1 aliphatic rings. The number of carbonyl (C=O) groups excluding carboxylic acids is 1. The van der Waals surface area contributed by atoms with Gasteiger partial charge in [-0.1, -0.05) is 12.8 Å². The van der Waals surface area contributed by atoms with Crippen LogP contribution in [0, 0.1) is 5.92 Å². The Hall–Kier alpha value is -1.29. The van der Waals surface area contributed by atoms with E-state index in [9.17, 15) is 4.79 Å². The zero-order valence-corrected chi connectivity index (χ0v) is 9.37. The Kier molecular flexibility index (Phi) is 3.62. The minimum Gasteiger partial charge on any atom is -0.455 e. The molecule has 3 N–H and O–H groups in total. The Morgan fingerprint density at radius 2 is 2.31 bits per heavy atom. The molecule has 0 spiro atoms. The van der Waals surface area contributed by atoms with Crippen LogP contribution in [-0.2, 0) is 6.54 Å². The van der Waals surface area contributed by atoms with Gasteiger partial charge in [-0.3, -0.25) is 4.79 Å². The Morgan fingerprint density at radius 1 is 1.50 bits per heavy atom. The van der Waals surface area contributed by atoms with Gasteiger partial charge >= 0.3 is 0 Å². The number of furan rings is 1. The standard InChI is InChI=1S/C12H18N2O2/c13-8-10-5-6-11(16-10)12(15)14-7-1-2-9-3-4-9/h5-6,9H,1-4,7-8,13H2,(H,14,15). The van der Waals surface area contributed by atoms with Crippen molar-refractivity contribution in [3.8, 4) is 0 Å². The van der Waals surface area contributed by atoms with E-state index in [4.69, 9.17) is 10.2 Å². The molecule has 2 rings (SSSR count). The number of nitrogens with one attached hydrogen (secondary N) is 1. The average molecular weight is 222 g/mol. The maximum Gasteiger partial charge on any atom is 0.286 e. The molecule has 88 valence electrons. The summed E-state index contributed by atoms with van der Waals surface area (Å²) in [5, 5.41) is 2.85. The molecule has 0 aliphatic heterocycles. The molecular formula is C12H18N2O2. The normalized spacial score (nSPS) is 15.1. The van der Waals surface area contributed by atoms with Crippen LogP contribution in [-0.4, -0.2) is 12.5 Å². The highest BCUT2D eigenvalue weighted by Gasteiger charge is 2.20. The number of rotatable bonds is 6. The van der Waals surface area contributed by atoms with Gasteiger partial charge in [0.2, 0.25) is 0 Å². The van der Waals surface area contributed by atoms with Gasteiger partial charge in [0.25, 0.3) is 5.91 Å². The van der Waals surface area contributed by atoms with E-state index in [1.54, 1.807) is 12.1 Å². The van der Waals surface area contributed by atoms with Crippen LogP contribution in [0.4, 0.5) is 0 Å². The summed E-state index contributed by atoms with van der Waals surface area (Å²) in [7, 11) is 0. The van der Waals surface area contributed by atoms with E-state index < -0.39 is 0 Å². The maximum atomic E-state index is 11.6. The lowest BCUT2D eigenvalue weighted by molar-refractivity contribution is 0.0923. The number of nitrogens with two attached hydrogens (primary N) is 1. The van der Waals surface area contributed by atoms with Crippen molar-refractivity contribution in [2.45, 2.75) is 32.2 Å². The molecule has 1 aromatic heterocycles. The molecule has 16 heavy (non-hydrogen) atoms. The first kappa shape index (κ1) is 11.2. The van der Waals surface area contributed by atoms with Crippen molar-refractivity contribution in [2.75, 3.05) is 6.54 Å². The lowest BCUT2D eigenvalue weighted by atomic mass is 10.2. The zero-order valence-electron chi connectivity index (χ0n) is 9.37. The quantitative estimate of drug-likeness (QED) is 0.719. The second-order valence-electron chi connectivity index (χ2n) is 4.31. The maximum absolute atomic E-state index is 11.6. The van der Waals surface area contributed by atoms with Crippen LogP contribution in [0.2, 0.25) is 0 Å². The fraction of sp³-hybridized carbons (Fsp3) is 0.583. The molecule has 1 heterocycles. The third kappa shape index (κ3) is 3.10. The Labute approximate surface area is 95.2 Å². The van der Waals surface area contributed by atoms with E-state index in [1.165, 1.54) is 19.3 Å². The van der Waals surface area contributed by atoms with E-state index in [2.05, 4.69) is 5.32 Å². The van der Waals surface area contributed by atoms with Crippen LogP contribution in [0.15, 0.2) is 16.5 Å². The fourth-order valence-corrected chi connectivity index (χ4v) is 1.70. The van der Waals surface area contributed by atoms with Crippen molar-refractivity contribution in [2.24, 2.45) is 11.7 Å². The van der Waals surface area contributed by atoms with Gasteiger partial charge in [0.05, 0.1) is 6.54 Å². The predicted molar refractivity (Wildman–Crippen MR) is 60.9 cm³/mol. The summed E-state index contributed by atoms with van der Waals surface area (Å²) in [4.78, 5) is 11.6. The first-order chi connectivity index (χ1) is 7.79. The zero-order chi connectivity index (χ0) is 11.4. The Bertz CT molecular complexity index is 356. The molecule has 0 saturated heterocycles. The molecule has 0 radical (unpaired) electrons. The molecule has 1 saturated carbocycles. The van der Waals surface area contributed by atoms with Crippen LogP contribution in [0.5, 0.6) is 0 Å². The van der Waals surface area contributed by atoms with Gasteiger partial charge in [0, 0.05) is 6.54 Å². The summed E-state index contributed by atoms with van der Waals surface area (Å²) in [6.07, 6.45) is 5.02. The van der Waals surface area contributed by atoms with Crippen molar-refractivity contribution in [3.63, 3.8) is 0 Å². The second kappa shape index (κ2) is 5.16. The number of hydrogen-bond donors (Lipinski definition) is 2. The van der Waals surface area contributed by atoms with E-state index in [-0.39, 0.29) is 5.91 Å². The fourth-order valence-electron chi connectivity index (χ4n) is 1.70. The molecule has 1 amide bonds. The summed E-state index contributed by atoms with van der Waals surface area (Å²) < 4.78 is 5.25.